The van der Waals surface area contributed by atoms with Gasteiger partial charge in [-0.25, -0.2) is 9.78 Å². The van der Waals surface area contributed by atoms with Crippen molar-refractivity contribution in [2.24, 2.45) is 0 Å². The number of rotatable bonds is 4. The molecule has 7 nitrogen and oxygen atoms in total. The molecule has 3 aromatic rings. The molecule has 130 valence electrons. The Morgan fingerprint density at radius 1 is 1.36 bits per heavy atom. The number of urea groups is 1. The Balaban J connectivity index is 1.32. The zero-order chi connectivity index (χ0) is 17.4. The minimum Gasteiger partial charge on any atom is -0.484 e. The maximum Gasteiger partial charge on any atom is 0.323 e. The highest BCUT2D eigenvalue weighted by atomic mass is 32.1. The maximum atomic E-state index is 12.2. The minimum atomic E-state index is -0.168. The quantitative estimate of drug-likeness (QED) is 0.754. The van der Waals surface area contributed by atoms with Gasteiger partial charge in [0.25, 0.3) is 0 Å². The average Bonchev–Trinajstić information content (AvgIpc) is 3.19. The normalized spacial score (nSPS) is 14.8. The lowest BCUT2D eigenvalue weighted by atomic mass is 10.2. The van der Waals surface area contributed by atoms with Crippen LogP contribution in [0.1, 0.15) is 24.8 Å². The fraction of sp³-hybridized carbons (Fsp3) is 0.375. The molecule has 3 heterocycles. The largest absolute Gasteiger partial charge is 0.484 e. The summed E-state index contributed by atoms with van der Waals surface area (Å²) >= 11 is 3.00. The van der Waals surface area contributed by atoms with Gasteiger partial charge in [0.15, 0.2) is 0 Å². The van der Waals surface area contributed by atoms with Crippen molar-refractivity contribution in [3.63, 3.8) is 0 Å². The van der Waals surface area contributed by atoms with Crippen molar-refractivity contribution in [3.05, 3.63) is 28.7 Å². The SMILES string of the molecule is CC(C)c1nnc(NC(=O)N2CC(Oc3cccc4scnc34)C2)s1. The van der Waals surface area contributed by atoms with Gasteiger partial charge in [-0.15, -0.1) is 21.5 Å². The Bertz CT molecular complexity index is 901. The third kappa shape index (κ3) is 3.29. The molecule has 1 aliphatic heterocycles. The number of anilines is 1. The number of likely N-dealkylation sites (tertiary alicyclic amines) is 1. The lowest BCUT2D eigenvalue weighted by Gasteiger charge is -2.38. The maximum absolute atomic E-state index is 12.2. The van der Waals surface area contributed by atoms with E-state index in [4.69, 9.17) is 4.74 Å². The third-order valence-corrected chi connectivity index (χ3v) is 5.83. The van der Waals surface area contributed by atoms with Crippen LogP contribution in [0, 0.1) is 0 Å². The van der Waals surface area contributed by atoms with Crippen LogP contribution in [0.4, 0.5) is 9.93 Å². The second kappa shape index (κ2) is 6.57. The molecule has 0 unspecified atom stereocenters. The molecule has 0 atom stereocenters. The molecule has 0 saturated carbocycles. The number of aromatic nitrogens is 3. The number of hydrogen-bond acceptors (Lipinski definition) is 7. The molecule has 0 radical (unpaired) electrons. The molecule has 1 N–H and O–H groups in total. The van der Waals surface area contributed by atoms with Crippen LogP contribution in [0.3, 0.4) is 0 Å². The van der Waals surface area contributed by atoms with Crippen molar-refractivity contribution in [3.8, 4) is 5.75 Å². The molecule has 4 rings (SSSR count). The molecule has 0 aliphatic carbocycles. The number of ether oxygens (including phenoxy) is 1. The fourth-order valence-electron chi connectivity index (χ4n) is 2.50. The Morgan fingerprint density at radius 2 is 2.20 bits per heavy atom. The van der Waals surface area contributed by atoms with Crippen LogP contribution in [-0.4, -0.2) is 45.3 Å². The number of para-hydroxylation sites is 1. The second-order valence-corrected chi connectivity index (χ2v) is 8.03. The standard InChI is InChI=1S/C16H17N5O2S2/c1-9(2)14-19-20-15(25-14)18-16(22)21-6-10(7-21)23-11-4-3-5-12-13(11)17-8-24-12/h3-5,8-10H,6-7H2,1-2H3,(H,18,20,22). The van der Waals surface area contributed by atoms with E-state index in [9.17, 15) is 4.79 Å². The predicted octanol–water partition coefficient (Wildman–Crippen LogP) is 3.57. The van der Waals surface area contributed by atoms with Gasteiger partial charge in [-0.05, 0) is 12.1 Å². The number of thiazole rings is 1. The molecule has 1 saturated heterocycles. The van der Waals surface area contributed by atoms with Crippen LogP contribution in [0.15, 0.2) is 23.7 Å². The number of amides is 2. The van der Waals surface area contributed by atoms with E-state index in [2.05, 4.69) is 20.5 Å². The highest BCUT2D eigenvalue weighted by Gasteiger charge is 2.33. The molecule has 2 aromatic heterocycles. The number of benzene rings is 1. The Hall–Kier alpha value is -2.26. The van der Waals surface area contributed by atoms with Gasteiger partial charge < -0.3 is 9.64 Å². The first-order chi connectivity index (χ1) is 12.1. The summed E-state index contributed by atoms with van der Waals surface area (Å²) in [4.78, 5) is 18.3. The van der Waals surface area contributed by atoms with Gasteiger partial charge in [0.1, 0.15) is 22.4 Å². The molecule has 2 amide bonds. The fourth-order valence-corrected chi connectivity index (χ4v) is 3.93. The van der Waals surface area contributed by atoms with Gasteiger partial charge in [0, 0.05) is 5.92 Å². The molecule has 1 aromatic carbocycles. The van der Waals surface area contributed by atoms with Gasteiger partial charge in [-0.1, -0.05) is 31.3 Å². The first-order valence-electron chi connectivity index (χ1n) is 7.98. The summed E-state index contributed by atoms with van der Waals surface area (Å²) < 4.78 is 7.09. The van der Waals surface area contributed by atoms with Crippen molar-refractivity contribution < 1.29 is 9.53 Å². The van der Waals surface area contributed by atoms with E-state index < -0.39 is 0 Å². The van der Waals surface area contributed by atoms with E-state index in [-0.39, 0.29) is 12.1 Å². The summed E-state index contributed by atoms with van der Waals surface area (Å²) in [6, 6.07) is 5.73. The van der Waals surface area contributed by atoms with Crippen LogP contribution in [-0.2, 0) is 0 Å². The number of fused-ring (bicyclic) bond motifs is 1. The summed E-state index contributed by atoms with van der Waals surface area (Å²) in [5, 5.41) is 12.3. The zero-order valence-electron chi connectivity index (χ0n) is 13.8. The number of hydrogen-bond donors (Lipinski definition) is 1. The summed E-state index contributed by atoms with van der Waals surface area (Å²) in [6.45, 7) is 5.18. The lowest BCUT2D eigenvalue weighted by molar-refractivity contribution is 0.0502. The smallest absolute Gasteiger partial charge is 0.323 e. The highest BCUT2D eigenvalue weighted by Crippen LogP contribution is 2.29. The summed E-state index contributed by atoms with van der Waals surface area (Å²) in [5.41, 5.74) is 2.69. The van der Waals surface area contributed by atoms with E-state index >= 15 is 0 Å². The second-order valence-electron chi connectivity index (χ2n) is 6.13. The highest BCUT2D eigenvalue weighted by molar-refractivity contribution is 7.16. The topological polar surface area (TPSA) is 80.2 Å². The number of carbonyl (C=O) groups excluding carboxylic acids is 1. The zero-order valence-corrected chi connectivity index (χ0v) is 15.4. The first kappa shape index (κ1) is 16.2. The first-order valence-corrected chi connectivity index (χ1v) is 9.68. The Kier molecular flexibility index (Phi) is 4.26. The van der Waals surface area contributed by atoms with Crippen LogP contribution in [0.5, 0.6) is 5.75 Å². The molecule has 0 spiro atoms. The van der Waals surface area contributed by atoms with Gasteiger partial charge >= 0.3 is 6.03 Å². The molecular weight excluding hydrogens is 358 g/mol. The van der Waals surface area contributed by atoms with Gasteiger partial charge in [-0.2, -0.15) is 0 Å². The molecular formula is C16H17N5O2S2. The van der Waals surface area contributed by atoms with Crippen LogP contribution in [0.25, 0.3) is 10.2 Å². The van der Waals surface area contributed by atoms with Gasteiger partial charge in [0.05, 0.1) is 23.3 Å². The van der Waals surface area contributed by atoms with E-state index in [1.807, 2.05) is 37.6 Å². The number of carbonyl (C=O) groups is 1. The number of nitrogens with one attached hydrogen (secondary N) is 1. The Morgan fingerprint density at radius 3 is 2.96 bits per heavy atom. The molecule has 1 fully saturated rings. The molecule has 25 heavy (non-hydrogen) atoms. The van der Waals surface area contributed by atoms with E-state index in [0.29, 0.717) is 24.1 Å². The van der Waals surface area contributed by atoms with Crippen molar-refractivity contribution in [2.45, 2.75) is 25.9 Å². The van der Waals surface area contributed by atoms with Crippen LogP contribution < -0.4 is 10.1 Å². The monoisotopic (exact) mass is 375 g/mol. The lowest BCUT2D eigenvalue weighted by Crippen LogP contribution is -2.57. The van der Waals surface area contributed by atoms with Gasteiger partial charge in [-0.3, -0.25) is 5.32 Å². The van der Waals surface area contributed by atoms with Crippen molar-refractivity contribution in [2.75, 3.05) is 18.4 Å². The summed E-state index contributed by atoms with van der Waals surface area (Å²) in [6.07, 6.45) is -0.0151. The average molecular weight is 375 g/mol. The van der Waals surface area contributed by atoms with E-state index in [1.165, 1.54) is 11.3 Å². The predicted molar refractivity (Wildman–Crippen MR) is 98.6 cm³/mol. The van der Waals surface area contributed by atoms with Crippen molar-refractivity contribution in [1.82, 2.24) is 20.1 Å². The van der Waals surface area contributed by atoms with Crippen molar-refractivity contribution in [1.29, 1.82) is 0 Å². The van der Waals surface area contributed by atoms with Gasteiger partial charge in [0.2, 0.25) is 5.13 Å². The number of nitrogens with zero attached hydrogens (tertiary/aromatic N) is 4. The molecule has 1 aliphatic rings. The van der Waals surface area contributed by atoms with E-state index in [0.717, 1.165) is 21.0 Å². The van der Waals surface area contributed by atoms with Crippen LogP contribution >= 0.6 is 22.7 Å². The molecule has 0 bridgehead atoms. The summed E-state index contributed by atoms with van der Waals surface area (Å²) in [5.74, 6) is 1.08. The minimum absolute atomic E-state index is 0.0151. The molecule has 9 heteroatoms. The Labute approximate surface area is 152 Å². The third-order valence-electron chi connectivity index (χ3n) is 3.90. The summed E-state index contributed by atoms with van der Waals surface area (Å²) in [7, 11) is 0. The van der Waals surface area contributed by atoms with Crippen molar-refractivity contribution >= 4 is 44.1 Å². The van der Waals surface area contributed by atoms with E-state index in [1.54, 1.807) is 16.2 Å². The van der Waals surface area contributed by atoms with Crippen LogP contribution in [0.2, 0.25) is 0 Å².